The molecule has 4 rings (SSSR count). The van der Waals surface area contributed by atoms with Gasteiger partial charge in [-0.1, -0.05) is 45.9 Å². The summed E-state index contributed by atoms with van der Waals surface area (Å²) in [6.45, 7) is 16.0. The van der Waals surface area contributed by atoms with Crippen LogP contribution in [0.3, 0.4) is 0 Å². The van der Waals surface area contributed by atoms with E-state index in [4.69, 9.17) is 9.15 Å². The smallest absolute Gasteiger partial charge is 0.464 e. The first-order chi connectivity index (χ1) is 20.7. The van der Waals surface area contributed by atoms with Crippen molar-refractivity contribution in [3.8, 4) is 6.07 Å². The summed E-state index contributed by atoms with van der Waals surface area (Å²) in [4.78, 5) is 30.6. The zero-order chi connectivity index (χ0) is 32.2. The van der Waals surface area contributed by atoms with E-state index in [0.29, 0.717) is 30.4 Å². The number of carbonyl (C=O) groups is 2. The number of likely N-dealkylation sites (tertiary alicyclic amines) is 2. The van der Waals surface area contributed by atoms with E-state index >= 15 is 0 Å². The van der Waals surface area contributed by atoms with Crippen molar-refractivity contribution < 1.29 is 28.8 Å². The fourth-order valence-electron chi connectivity index (χ4n) is 6.89. The second-order valence-corrected chi connectivity index (χ2v) is 14.4. The number of benzene rings is 1. The number of para-hydroxylation sites is 1. The first kappa shape index (κ1) is 33.8. The van der Waals surface area contributed by atoms with Crippen molar-refractivity contribution in [2.45, 2.75) is 91.2 Å². The molecule has 0 spiro atoms. The summed E-state index contributed by atoms with van der Waals surface area (Å²) in [5.74, 6) is -2.03. The highest BCUT2D eigenvalue weighted by molar-refractivity contribution is 6.43. The molecule has 0 bridgehead atoms. The van der Waals surface area contributed by atoms with Crippen LogP contribution in [-0.2, 0) is 16.0 Å². The van der Waals surface area contributed by atoms with Crippen LogP contribution < -0.4 is 5.32 Å². The fourth-order valence-corrected chi connectivity index (χ4v) is 6.89. The summed E-state index contributed by atoms with van der Waals surface area (Å²) in [7, 11) is -1.82. The van der Waals surface area contributed by atoms with Crippen LogP contribution in [0.15, 0.2) is 34.9 Å². The summed E-state index contributed by atoms with van der Waals surface area (Å²) in [5, 5.41) is 33.4. The number of alkyl carbamates (subject to hydrolysis) is 1. The Morgan fingerprint density at radius 1 is 1.25 bits per heavy atom. The summed E-state index contributed by atoms with van der Waals surface area (Å²) in [6.07, 6.45) is 3.57. The second kappa shape index (κ2) is 13.9. The Morgan fingerprint density at radius 2 is 1.98 bits per heavy atom. The molecule has 0 radical (unpaired) electrons. The van der Waals surface area contributed by atoms with Gasteiger partial charge in [-0.25, -0.2) is 4.79 Å². The van der Waals surface area contributed by atoms with Crippen molar-refractivity contribution in [2.24, 2.45) is 23.2 Å². The minimum atomic E-state index is -1.82. The van der Waals surface area contributed by atoms with Gasteiger partial charge in [0.2, 0.25) is 5.91 Å². The lowest BCUT2D eigenvalue weighted by Crippen LogP contribution is -2.51. The lowest BCUT2D eigenvalue weighted by molar-refractivity contribution is -0.139. The molecule has 2 aliphatic heterocycles. The van der Waals surface area contributed by atoms with Crippen LogP contribution in [0.5, 0.6) is 0 Å². The highest BCUT2D eigenvalue weighted by atomic mass is 16.6. The maximum atomic E-state index is 13.6. The molecule has 2 aromatic rings. The minimum Gasteiger partial charge on any atom is -0.464 e. The van der Waals surface area contributed by atoms with Crippen LogP contribution in [0.4, 0.5) is 4.79 Å². The molecule has 2 fully saturated rings. The summed E-state index contributed by atoms with van der Waals surface area (Å²) >= 11 is 0. The van der Waals surface area contributed by atoms with Gasteiger partial charge < -0.3 is 29.4 Å². The quantitative estimate of drug-likeness (QED) is 0.320. The lowest BCUT2D eigenvalue weighted by atomic mass is 9.76. The maximum Gasteiger partial charge on any atom is 0.475 e. The van der Waals surface area contributed by atoms with E-state index in [9.17, 15) is 24.9 Å². The van der Waals surface area contributed by atoms with Crippen LogP contribution in [0.2, 0.25) is 0 Å². The number of piperidine rings is 1. The number of nitriles is 1. The monoisotopic (exact) mass is 608 g/mol. The lowest BCUT2D eigenvalue weighted by Gasteiger charge is -2.40. The predicted octanol–water partition coefficient (Wildman–Crippen LogP) is 4.39. The molecule has 240 valence electrons. The predicted molar refractivity (Wildman–Crippen MR) is 169 cm³/mol. The van der Waals surface area contributed by atoms with E-state index in [1.165, 1.54) is 6.42 Å². The third kappa shape index (κ3) is 8.15. The Balaban J connectivity index is 1.32. The van der Waals surface area contributed by atoms with Crippen molar-refractivity contribution in [3.63, 3.8) is 0 Å². The Bertz CT molecular complexity index is 1340. The number of amides is 2. The number of hydrogen-bond acceptors (Lipinski definition) is 8. The average molecular weight is 609 g/mol. The Kier molecular flexibility index (Phi) is 10.7. The van der Waals surface area contributed by atoms with E-state index in [0.717, 1.165) is 30.5 Å². The Labute approximate surface area is 261 Å². The first-order valence-electron chi connectivity index (χ1n) is 15.9. The topological polar surface area (TPSA) is 139 Å². The van der Waals surface area contributed by atoms with Crippen LogP contribution in [0.25, 0.3) is 11.0 Å². The molecular weight excluding hydrogens is 559 g/mol. The van der Waals surface area contributed by atoms with Crippen LogP contribution in [-0.4, -0.2) is 82.7 Å². The number of fused-ring (bicyclic) bond motifs is 1. The minimum absolute atomic E-state index is 0.0351. The van der Waals surface area contributed by atoms with Gasteiger partial charge >= 0.3 is 13.2 Å². The van der Waals surface area contributed by atoms with Crippen molar-refractivity contribution >= 4 is 30.1 Å². The van der Waals surface area contributed by atoms with E-state index < -0.39 is 31.2 Å². The van der Waals surface area contributed by atoms with Crippen molar-refractivity contribution in [3.05, 3.63) is 36.1 Å². The zero-order valence-corrected chi connectivity index (χ0v) is 27.1. The summed E-state index contributed by atoms with van der Waals surface area (Å²) in [6, 6.07) is 9.67. The van der Waals surface area contributed by atoms with Gasteiger partial charge in [-0.3, -0.25) is 9.69 Å². The highest BCUT2D eigenvalue weighted by Gasteiger charge is 2.41. The number of ether oxygens (including phenoxy) is 1. The number of nitrogens with one attached hydrogen (secondary N) is 1. The summed E-state index contributed by atoms with van der Waals surface area (Å²) < 4.78 is 11.2. The van der Waals surface area contributed by atoms with Crippen LogP contribution in [0, 0.1) is 34.5 Å². The van der Waals surface area contributed by atoms with E-state index in [-0.39, 0.29) is 36.2 Å². The van der Waals surface area contributed by atoms with E-state index in [1.807, 2.05) is 31.2 Å². The molecule has 1 aromatic carbocycles. The van der Waals surface area contributed by atoms with E-state index in [1.54, 1.807) is 11.2 Å². The third-order valence-corrected chi connectivity index (χ3v) is 9.81. The SMILES string of the molecule is CC(CC(C)(C)N1CCC(C)(C)C1)C(C)C(C#N)C(=O)N1CCCC(OC(=O)NC(Cc2coc3ccccc23)B(O)O)C1. The number of furan rings is 1. The Morgan fingerprint density at radius 3 is 2.64 bits per heavy atom. The first-order valence-corrected chi connectivity index (χ1v) is 15.9. The molecule has 1 aromatic heterocycles. The number of nitrogens with zero attached hydrogens (tertiary/aromatic N) is 3. The van der Waals surface area contributed by atoms with Gasteiger partial charge in [0.15, 0.2) is 0 Å². The molecule has 3 N–H and O–H groups in total. The molecular formula is C33H49BN4O6. The molecule has 5 unspecified atom stereocenters. The molecule has 44 heavy (non-hydrogen) atoms. The van der Waals surface area contributed by atoms with Gasteiger partial charge in [0.25, 0.3) is 0 Å². The molecule has 11 heteroatoms. The molecule has 10 nitrogen and oxygen atoms in total. The van der Waals surface area contributed by atoms with Gasteiger partial charge in [-0.05, 0) is 81.4 Å². The molecule has 2 saturated heterocycles. The molecule has 0 aliphatic carbocycles. The molecule has 0 saturated carbocycles. The molecule has 2 amide bonds. The third-order valence-electron chi connectivity index (χ3n) is 9.81. The van der Waals surface area contributed by atoms with Crippen LogP contribution in [0.1, 0.15) is 72.8 Å². The van der Waals surface area contributed by atoms with Gasteiger partial charge in [-0.2, -0.15) is 5.26 Å². The molecule has 3 heterocycles. The normalized spacial score (nSPS) is 21.7. The van der Waals surface area contributed by atoms with E-state index in [2.05, 4.69) is 50.9 Å². The zero-order valence-electron chi connectivity index (χ0n) is 27.1. The van der Waals surface area contributed by atoms with Crippen molar-refractivity contribution in [2.75, 3.05) is 26.2 Å². The number of rotatable bonds is 11. The Hall–Kier alpha value is -3.07. The summed E-state index contributed by atoms with van der Waals surface area (Å²) in [5.41, 5.74) is 1.66. The molecule has 2 aliphatic rings. The number of carbonyl (C=O) groups excluding carboxylic acids is 2. The highest BCUT2D eigenvalue weighted by Crippen LogP contribution is 2.38. The van der Waals surface area contributed by atoms with Gasteiger partial charge in [0, 0.05) is 24.0 Å². The van der Waals surface area contributed by atoms with Gasteiger partial charge in [-0.15, -0.1) is 0 Å². The molecule has 5 atom stereocenters. The van der Waals surface area contributed by atoms with Crippen LogP contribution >= 0.6 is 0 Å². The fraction of sp³-hybridized carbons (Fsp3) is 0.667. The largest absolute Gasteiger partial charge is 0.475 e. The van der Waals surface area contributed by atoms with Crippen molar-refractivity contribution in [1.29, 1.82) is 5.26 Å². The van der Waals surface area contributed by atoms with Crippen molar-refractivity contribution in [1.82, 2.24) is 15.1 Å². The average Bonchev–Trinajstić information content (AvgIpc) is 3.55. The number of hydrogen-bond donors (Lipinski definition) is 3. The van der Waals surface area contributed by atoms with Gasteiger partial charge in [0.1, 0.15) is 17.6 Å². The second-order valence-electron chi connectivity index (χ2n) is 14.4. The maximum absolute atomic E-state index is 13.6. The van der Waals surface area contributed by atoms with Gasteiger partial charge in [0.05, 0.1) is 24.8 Å². The standard InChI is InChI=1S/C33H49BN4O6/c1-22(17-33(5,6)38-15-13-32(3,4)21-38)23(2)27(18-35)30(39)37-14-9-10-25(19-37)44-31(40)36-29(34(41)42)16-24-20-43-28-12-8-7-11-26(24)28/h7-8,11-12,20,22-23,25,27,29,41-42H,9-10,13-17,19,21H2,1-6H3,(H,36,40).